The van der Waals surface area contributed by atoms with Gasteiger partial charge >= 0.3 is 0 Å². The van der Waals surface area contributed by atoms with Crippen LogP contribution in [-0.4, -0.2) is 14.8 Å². The summed E-state index contributed by atoms with van der Waals surface area (Å²) < 4.78 is 7.67. The predicted molar refractivity (Wildman–Crippen MR) is 78.7 cm³/mol. The van der Waals surface area contributed by atoms with Gasteiger partial charge in [0.2, 0.25) is 0 Å². The van der Waals surface area contributed by atoms with Crippen molar-refractivity contribution in [2.75, 3.05) is 0 Å². The molecule has 0 bridgehead atoms. The van der Waals surface area contributed by atoms with Crippen molar-refractivity contribution in [3.8, 4) is 5.75 Å². The molecule has 2 rings (SSSR count). The van der Waals surface area contributed by atoms with Crippen molar-refractivity contribution in [1.29, 1.82) is 0 Å². The molecule has 1 aromatic carbocycles. The molecule has 0 fully saturated rings. The minimum absolute atomic E-state index is 0.141. The number of aromatic nitrogens is 3. The van der Waals surface area contributed by atoms with Gasteiger partial charge in [0.1, 0.15) is 18.7 Å². The molecule has 2 aromatic rings. The summed E-state index contributed by atoms with van der Waals surface area (Å²) in [4.78, 5) is 4.21. The molecule has 1 heterocycles. The molecule has 1 unspecified atom stereocenters. The SMILES string of the molecule is CCCn1ncnc1COc1ccc(Cl)cc1C(C)N. The van der Waals surface area contributed by atoms with Crippen LogP contribution in [0, 0.1) is 0 Å². The lowest BCUT2D eigenvalue weighted by Crippen LogP contribution is -2.11. The van der Waals surface area contributed by atoms with E-state index in [2.05, 4.69) is 17.0 Å². The average molecular weight is 295 g/mol. The normalized spacial score (nSPS) is 12.4. The summed E-state index contributed by atoms with van der Waals surface area (Å²) >= 11 is 5.99. The summed E-state index contributed by atoms with van der Waals surface area (Å²) in [5.74, 6) is 1.54. The molecule has 0 aliphatic heterocycles. The summed E-state index contributed by atoms with van der Waals surface area (Å²) in [7, 11) is 0. The zero-order valence-electron chi connectivity index (χ0n) is 11.7. The minimum Gasteiger partial charge on any atom is -0.485 e. The van der Waals surface area contributed by atoms with Crippen LogP contribution in [0.15, 0.2) is 24.5 Å². The monoisotopic (exact) mass is 294 g/mol. The first-order valence-corrected chi connectivity index (χ1v) is 7.04. The first-order chi connectivity index (χ1) is 9.61. The summed E-state index contributed by atoms with van der Waals surface area (Å²) in [6, 6.07) is 5.32. The maximum Gasteiger partial charge on any atom is 0.164 e. The van der Waals surface area contributed by atoms with Gasteiger partial charge in [-0.2, -0.15) is 5.10 Å². The Morgan fingerprint density at radius 1 is 1.45 bits per heavy atom. The highest BCUT2D eigenvalue weighted by atomic mass is 35.5. The summed E-state index contributed by atoms with van der Waals surface area (Å²) in [6.45, 7) is 5.19. The molecular weight excluding hydrogens is 276 g/mol. The van der Waals surface area contributed by atoms with Crippen LogP contribution < -0.4 is 10.5 Å². The van der Waals surface area contributed by atoms with Gasteiger partial charge in [-0.25, -0.2) is 9.67 Å². The Morgan fingerprint density at radius 3 is 2.95 bits per heavy atom. The molecule has 5 nitrogen and oxygen atoms in total. The van der Waals surface area contributed by atoms with E-state index in [1.165, 1.54) is 0 Å². The van der Waals surface area contributed by atoms with Gasteiger partial charge in [-0.3, -0.25) is 0 Å². The summed E-state index contributed by atoms with van der Waals surface area (Å²) in [6.07, 6.45) is 2.55. The second-order valence-corrected chi connectivity index (χ2v) is 5.10. The van der Waals surface area contributed by atoms with Gasteiger partial charge in [0.05, 0.1) is 0 Å². The second-order valence-electron chi connectivity index (χ2n) is 4.66. The van der Waals surface area contributed by atoms with Crippen LogP contribution >= 0.6 is 11.6 Å². The highest BCUT2D eigenvalue weighted by Crippen LogP contribution is 2.27. The molecule has 2 N–H and O–H groups in total. The largest absolute Gasteiger partial charge is 0.485 e. The lowest BCUT2D eigenvalue weighted by atomic mass is 10.1. The van der Waals surface area contributed by atoms with E-state index >= 15 is 0 Å². The Kier molecular flexibility index (Phi) is 4.98. The number of halogens is 1. The van der Waals surface area contributed by atoms with Gasteiger partial charge in [-0.1, -0.05) is 18.5 Å². The standard InChI is InChI=1S/C14H19ClN4O/c1-3-6-19-14(17-9-18-19)8-20-13-5-4-11(15)7-12(13)10(2)16/h4-5,7,9-10H,3,6,8,16H2,1-2H3. The van der Waals surface area contributed by atoms with E-state index in [4.69, 9.17) is 22.1 Å². The maximum atomic E-state index is 5.99. The number of nitrogens with zero attached hydrogens (tertiary/aromatic N) is 3. The first kappa shape index (κ1) is 14.8. The minimum atomic E-state index is -0.141. The molecule has 6 heteroatoms. The number of benzene rings is 1. The Bertz CT molecular complexity index is 568. The van der Waals surface area contributed by atoms with Crippen molar-refractivity contribution < 1.29 is 4.74 Å². The molecule has 0 aliphatic carbocycles. The quantitative estimate of drug-likeness (QED) is 0.889. The topological polar surface area (TPSA) is 66.0 Å². The van der Waals surface area contributed by atoms with E-state index in [-0.39, 0.29) is 6.04 Å². The van der Waals surface area contributed by atoms with Gasteiger partial charge in [0, 0.05) is 23.2 Å². The zero-order valence-corrected chi connectivity index (χ0v) is 12.5. The number of ether oxygens (including phenoxy) is 1. The van der Waals surface area contributed by atoms with Crippen molar-refractivity contribution in [3.05, 3.63) is 40.9 Å². The van der Waals surface area contributed by atoms with E-state index in [1.54, 1.807) is 12.4 Å². The maximum absolute atomic E-state index is 5.99. The number of hydrogen-bond acceptors (Lipinski definition) is 4. The fraction of sp³-hybridized carbons (Fsp3) is 0.429. The first-order valence-electron chi connectivity index (χ1n) is 6.66. The lowest BCUT2D eigenvalue weighted by Gasteiger charge is -2.14. The van der Waals surface area contributed by atoms with Crippen LogP contribution in [0.25, 0.3) is 0 Å². The number of aryl methyl sites for hydroxylation is 1. The van der Waals surface area contributed by atoms with Crippen molar-refractivity contribution in [1.82, 2.24) is 14.8 Å². The average Bonchev–Trinajstić information content (AvgIpc) is 2.85. The molecule has 0 radical (unpaired) electrons. The second kappa shape index (κ2) is 6.72. The van der Waals surface area contributed by atoms with Crippen LogP contribution in [0.5, 0.6) is 5.75 Å². The number of rotatable bonds is 6. The van der Waals surface area contributed by atoms with Crippen molar-refractivity contribution >= 4 is 11.6 Å². The lowest BCUT2D eigenvalue weighted by molar-refractivity contribution is 0.282. The van der Waals surface area contributed by atoms with Crippen LogP contribution in [0.1, 0.15) is 37.7 Å². The Balaban J connectivity index is 2.12. The van der Waals surface area contributed by atoms with Crippen molar-refractivity contribution in [2.24, 2.45) is 5.73 Å². The summed E-state index contributed by atoms with van der Waals surface area (Å²) in [5.41, 5.74) is 6.83. The van der Waals surface area contributed by atoms with Crippen LogP contribution in [0.4, 0.5) is 0 Å². The zero-order chi connectivity index (χ0) is 14.5. The van der Waals surface area contributed by atoms with Crippen molar-refractivity contribution in [2.45, 2.75) is 39.5 Å². The molecule has 108 valence electrons. The van der Waals surface area contributed by atoms with Crippen LogP contribution in [0.2, 0.25) is 5.02 Å². The van der Waals surface area contributed by atoms with Gasteiger partial charge in [0.15, 0.2) is 5.82 Å². The van der Waals surface area contributed by atoms with E-state index < -0.39 is 0 Å². The predicted octanol–water partition coefficient (Wildman–Crippen LogP) is 2.94. The molecule has 0 spiro atoms. The van der Waals surface area contributed by atoms with Gasteiger partial charge in [0.25, 0.3) is 0 Å². The highest BCUT2D eigenvalue weighted by molar-refractivity contribution is 6.30. The van der Waals surface area contributed by atoms with E-state index in [0.717, 1.165) is 30.1 Å². The smallest absolute Gasteiger partial charge is 0.164 e. The fourth-order valence-electron chi connectivity index (χ4n) is 1.95. The molecule has 0 aliphatic rings. The van der Waals surface area contributed by atoms with Crippen LogP contribution in [-0.2, 0) is 13.2 Å². The highest BCUT2D eigenvalue weighted by Gasteiger charge is 2.11. The Hall–Kier alpha value is -1.59. The van der Waals surface area contributed by atoms with E-state index in [1.807, 2.05) is 23.7 Å². The molecular formula is C14H19ClN4O. The van der Waals surface area contributed by atoms with Gasteiger partial charge in [-0.05, 0) is 31.5 Å². The summed E-state index contributed by atoms with van der Waals surface area (Å²) in [5, 5.41) is 4.82. The third-order valence-electron chi connectivity index (χ3n) is 2.95. The molecule has 0 saturated heterocycles. The third-order valence-corrected chi connectivity index (χ3v) is 3.19. The van der Waals surface area contributed by atoms with Crippen molar-refractivity contribution in [3.63, 3.8) is 0 Å². The number of nitrogens with two attached hydrogens (primary N) is 1. The van der Waals surface area contributed by atoms with Crippen LogP contribution in [0.3, 0.4) is 0 Å². The van der Waals surface area contributed by atoms with E-state index in [0.29, 0.717) is 11.6 Å². The molecule has 0 amide bonds. The molecule has 1 aromatic heterocycles. The molecule has 20 heavy (non-hydrogen) atoms. The Labute approximate surface area is 123 Å². The van der Waals surface area contributed by atoms with E-state index in [9.17, 15) is 0 Å². The van der Waals surface area contributed by atoms with Gasteiger partial charge in [-0.15, -0.1) is 0 Å². The molecule has 0 saturated carbocycles. The molecule has 1 atom stereocenters. The Morgan fingerprint density at radius 2 is 2.25 bits per heavy atom. The van der Waals surface area contributed by atoms with Gasteiger partial charge < -0.3 is 10.5 Å². The fourth-order valence-corrected chi connectivity index (χ4v) is 2.13. The third kappa shape index (κ3) is 3.49. The number of hydrogen-bond donors (Lipinski definition) is 1.